The van der Waals surface area contributed by atoms with Gasteiger partial charge in [-0.1, -0.05) is 25.7 Å². The van der Waals surface area contributed by atoms with Gasteiger partial charge in [0.2, 0.25) is 5.76 Å². The average molecular weight is 334 g/mol. The zero-order valence-electron chi connectivity index (χ0n) is 14.0. The third-order valence-electron chi connectivity index (χ3n) is 4.86. The molecule has 1 aliphatic carbocycles. The normalized spacial score (nSPS) is 20.2. The first-order valence-electron chi connectivity index (χ1n) is 8.28. The molecule has 0 bridgehead atoms. The summed E-state index contributed by atoms with van der Waals surface area (Å²) >= 11 is 0. The van der Waals surface area contributed by atoms with Gasteiger partial charge >= 0.3 is 12.0 Å². The number of carbonyl (C=O) groups excluding carboxylic acids is 3. The van der Waals surface area contributed by atoms with Gasteiger partial charge in [0.15, 0.2) is 0 Å². The molecule has 2 aliphatic rings. The van der Waals surface area contributed by atoms with Crippen LogP contribution in [0.4, 0.5) is 4.79 Å². The molecule has 3 amide bonds. The van der Waals surface area contributed by atoms with Crippen LogP contribution in [0, 0.1) is 6.92 Å². The first kappa shape index (κ1) is 16.5. The molecule has 0 aromatic carbocycles. The summed E-state index contributed by atoms with van der Waals surface area (Å²) < 4.78 is 10.1. The maximum Gasteiger partial charge on any atom is 0.374 e. The Morgan fingerprint density at radius 2 is 1.96 bits per heavy atom. The number of furan rings is 1. The topological polar surface area (TPSA) is 88.8 Å². The standard InChI is InChI=1S/C17H22N2O5/c1-11-9-12(24-13(11)14(20)23-2)10-19-15(21)17(18-16(19)22)7-5-3-4-6-8-17/h9H,3-8,10H2,1-2H3,(H,18,22). The maximum absolute atomic E-state index is 12.8. The minimum absolute atomic E-state index is 0.0181. The second-order valence-corrected chi connectivity index (χ2v) is 6.53. The molecule has 0 unspecified atom stereocenters. The molecule has 0 atom stereocenters. The van der Waals surface area contributed by atoms with Crippen molar-refractivity contribution in [1.82, 2.24) is 10.2 Å². The number of urea groups is 1. The van der Waals surface area contributed by atoms with Gasteiger partial charge in [-0.05, 0) is 25.8 Å². The van der Waals surface area contributed by atoms with Crippen LogP contribution in [0.2, 0.25) is 0 Å². The van der Waals surface area contributed by atoms with Crippen LogP contribution >= 0.6 is 0 Å². The number of hydrogen-bond donors (Lipinski definition) is 1. The van der Waals surface area contributed by atoms with Crippen molar-refractivity contribution in [2.75, 3.05) is 7.11 Å². The summed E-state index contributed by atoms with van der Waals surface area (Å²) in [4.78, 5) is 38.0. The number of rotatable bonds is 3. The van der Waals surface area contributed by atoms with E-state index in [1.807, 2.05) is 0 Å². The molecular formula is C17H22N2O5. The highest BCUT2D eigenvalue weighted by Crippen LogP contribution is 2.33. The van der Waals surface area contributed by atoms with Crippen molar-refractivity contribution in [3.05, 3.63) is 23.2 Å². The Balaban J connectivity index is 1.79. The maximum atomic E-state index is 12.8. The summed E-state index contributed by atoms with van der Waals surface area (Å²) in [5.41, 5.74) is -0.145. The van der Waals surface area contributed by atoms with Crippen LogP contribution in [0.1, 0.15) is 60.4 Å². The predicted molar refractivity (Wildman–Crippen MR) is 84.3 cm³/mol. The Labute approximate surface area is 140 Å². The molecule has 1 saturated heterocycles. The van der Waals surface area contributed by atoms with Crippen molar-refractivity contribution < 1.29 is 23.5 Å². The third-order valence-corrected chi connectivity index (χ3v) is 4.86. The number of nitrogens with zero attached hydrogens (tertiary/aromatic N) is 1. The number of imide groups is 1. The number of nitrogens with one attached hydrogen (secondary N) is 1. The molecule has 2 fully saturated rings. The van der Waals surface area contributed by atoms with Crippen molar-refractivity contribution >= 4 is 17.9 Å². The van der Waals surface area contributed by atoms with Gasteiger partial charge in [0.25, 0.3) is 5.91 Å². The van der Waals surface area contributed by atoms with Crippen LogP contribution in [0.25, 0.3) is 0 Å². The number of amides is 3. The molecule has 0 radical (unpaired) electrons. The summed E-state index contributed by atoms with van der Waals surface area (Å²) in [7, 11) is 1.28. The lowest BCUT2D eigenvalue weighted by Crippen LogP contribution is -2.46. The highest BCUT2D eigenvalue weighted by molar-refractivity contribution is 6.07. The average Bonchev–Trinajstić information content (AvgIpc) is 2.90. The second-order valence-electron chi connectivity index (χ2n) is 6.53. The Kier molecular flexibility index (Phi) is 4.34. The fourth-order valence-corrected chi connectivity index (χ4v) is 3.57. The first-order chi connectivity index (χ1) is 11.5. The van der Waals surface area contributed by atoms with E-state index in [0.29, 0.717) is 24.2 Å². The van der Waals surface area contributed by atoms with Crippen molar-refractivity contribution in [3.63, 3.8) is 0 Å². The van der Waals surface area contributed by atoms with E-state index in [9.17, 15) is 14.4 Å². The van der Waals surface area contributed by atoms with Crippen LogP contribution in [0.15, 0.2) is 10.5 Å². The molecule has 3 rings (SSSR count). The summed E-state index contributed by atoms with van der Waals surface area (Å²) in [6.45, 7) is 1.74. The molecule has 2 heterocycles. The minimum Gasteiger partial charge on any atom is -0.463 e. The number of aryl methyl sites for hydroxylation is 1. The van der Waals surface area contributed by atoms with Crippen LogP contribution in [0.3, 0.4) is 0 Å². The monoisotopic (exact) mass is 334 g/mol. The molecule has 1 aliphatic heterocycles. The van der Waals surface area contributed by atoms with Gasteiger partial charge < -0.3 is 14.5 Å². The number of hydrogen-bond acceptors (Lipinski definition) is 5. The van der Waals surface area contributed by atoms with E-state index in [4.69, 9.17) is 4.42 Å². The van der Waals surface area contributed by atoms with Gasteiger partial charge in [-0.15, -0.1) is 0 Å². The molecule has 7 heteroatoms. The molecule has 1 spiro atoms. The number of ether oxygens (including phenoxy) is 1. The Morgan fingerprint density at radius 1 is 1.29 bits per heavy atom. The summed E-state index contributed by atoms with van der Waals surface area (Å²) in [6.07, 6.45) is 5.41. The smallest absolute Gasteiger partial charge is 0.374 e. The quantitative estimate of drug-likeness (QED) is 0.678. The molecule has 24 heavy (non-hydrogen) atoms. The molecule has 130 valence electrons. The number of carbonyl (C=O) groups is 3. The van der Waals surface area contributed by atoms with E-state index >= 15 is 0 Å². The number of esters is 1. The van der Waals surface area contributed by atoms with Crippen molar-refractivity contribution in [2.24, 2.45) is 0 Å². The van der Waals surface area contributed by atoms with Crippen molar-refractivity contribution in [2.45, 2.75) is 57.5 Å². The SMILES string of the molecule is COC(=O)c1oc(CN2C(=O)NC3(CCCCCC3)C2=O)cc1C. The van der Waals surface area contributed by atoms with E-state index < -0.39 is 17.5 Å². The van der Waals surface area contributed by atoms with E-state index in [2.05, 4.69) is 10.1 Å². The third kappa shape index (κ3) is 2.79. The second kappa shape index (κ2) is 6.30. The van der Waals surface area contributed by atoms with E-state index in [0.717, 1.165) is 25.7 Å². The lowest BCUT2D eigenvalue weighted by Gasteiger charge is -2.24. The van der Waals surface area contributed by atoms with Gasteiger partial charge in [-0.3, -0.25) is 9.69 Å². The highest BCUT2D eigenvalue weighted by Gasteiger charge is 2.50. The van der Waals surface area contributed by atoms with E-state index in [-0.39, 0.29) is 18.2 Å². The van der Waals surface area contributed by atoms with Crippen LogP contribution in [0.5, 0.6) is 0 Å². The molecular weight excluding hydrogens is 312 g/mol. The van der Waals surface area contributed by atoms with Crippen molar-refractivity contribution in [3.8, 4) is 0 Å². The Morgan fingerprint density at radius 3 is 2.58 bits per heavy atom. The van der Waals surface area contributed by atoms with Crippen LogP contribution < -0.4 is 5.32 Å². The first-order valence-corrected chi connectivity index (χ1v) is 8.28. The lowest BCUT2D eigenvalue weighted by atomic mass is 9.90. The predicted octanol–water partition coefficient (Wildman–Crippen LogP) is 2.52. The molecule has 7 nitrogen and oxygen atoms in total. The lowest BCUT2D eigenvalue weighted by molar-refractivity contribution is -0.132. The van der Waals surface area contributed by atoms with Crippen LogP contribution in [-0.4, -0.2) is 35.5 Å². The van der Waals surface area contributed by atoms with Gasteiger partial charge in [0.05, 0.1) is 13.7 Å². The van der Waals surface area contributed by atoms with Gasteiger partial charge in [0, 0.05) is 5.56 Å². The van der Waals surface area contributed by atoms with E-state index in [1.54, 1.807) is 13.0 Å². The molecule has 1 aromatic rings. The fraction of sp³-hybridized carbons (Fsp3) is 0.588. The zero-order valence-corrected chi connectivity index (χ0v) is 14.0. The highest BCUT2D eigenvalue weighted by atomic mass is 16.5. The fourth-order valence-electron chi connectivity index (χ4n) is 3.57. The summed E-state index contributed by atoms with van der Waals surface area (Å²) in [6, 6.07) is 1.26. The minimum atomic E-state index is -0.763. The van der Waals surface area contributed by atoms with Gasteiger partial charge in [-0.2, -0.15) is 0 Å². The van der Waals surface area contributed by atoms with Crippen molar-refractivity contribution in [1.29, 1.82) is 0 Å². The van der Waals surface area contributed by atoms with Gasteiger partial charge in [0.1, 0.15) is 11.3 Å². The summed E-state index contributed by atoms with van der Waals surface area (Å²) in [5, 5.41) is 2.89. The summed E-state index contributed by atoms with van der Waals surface area (Å²) in [5.74, 6) is -0.273. The molecule has 1 saturated carbocycles. The van der Waals surface area contributed by atoms with Gasteiger partial charge in [-0.25, -0.2) is 9.59 Å². The number of methoxy groups -OCH3 is 1. The molecule has 1 N–H and O–H groups in total. The van der Waals surface area contributed by atoms with Crippen LogP contribution in [-0.2, 0) is 16.1 Å². The largest absolute Gasteiger partial charge is 0.463 e. The Bertz CT molecular complexity index is 671. The Hall–Kier alpha value is -2.31. The zero-order chi connectivity index (χ0) is 17.3. The van der Waals surface area contributed by atoms with E-state index in [1.165, 1.54) is 12.0 Å². The molecule has 1 aromatic heterocycles.